The Bertz CT molecular complexity index is 133. The highest BCUT2D eigenvalue weighted by molar-refractivity contribution is 4.69. The van der Waals surface area contributed by atoms with Gasteiger partial charge in [0.2, 0.25) is 0 Å². The van der Waals surface area contributed by atoms with Gasteiger partial charge in [0.05, 0.1) is 0 Å². The molecular weight excluding hydrogens is 186 g/mol. The Hall–Kier alpha value is -0.120. The van der Waals surface area contributed by atoms with E-state index in [2.05, 4.69) is 37.7 Å². The van der Waals surface area contributed by atoms with E-state index in [9.17, 15) is 0 Å². The van der Waals surface area contributed by atoms with Crippen molar-refractivity contribution in [1.82, 2.24) is 9.80 Å². The number of hydrogen-bond donors (Lipinski definition) is 1. The minimum Gasteiger partial charge on any atom is -0.329 e. The zero-order chi connectivity index (χ0) is 11.7. The molecule has 0 aromatic rings. The van der Waals surface area contributed by atoms with Crippen LogP contribution in [0, 0.1) is 0 Å². The van der Waals surface area contributed by atoms with E-state index < -0.39 is 0 Å². The molecule has 2 N–H and O–H groups in total. The van der Waals surface area contributed by atoms with Crippen molar-refractivity contribution in [2.45, 2.75) is 39.2 Å². The van der Waals surface area contributed by atoms with Crippen LogP contribution in [-0.4, -0.2) is 56.1 Å². The lowest BCUT2D eigenvalue weighted by molar-refractivity contribution is 0.182. The van der Waals surface area contributed by atoms with Crippen LogP contribution in [-0.2, 0) is 0 Å². The molecule has 0 spiro atoms. The highest BCUT2D eigenvalue weighted by Crippen LogP contribution is 2.08. The van der Waals surface area contributed by atoms with E-state index in [1.165, 1.54) is 32.4 Å². The van der Waals surface area contributed by atoms with Gasteiger partial charge >= 0.3 is 0 Å². The van der Waals surface area contributed by atoms with E-state index in [1.807, 2.05) is 0 Å². The van der Waals surface area contributed by atoms with Crippen molar-refractivity contribution in [3.63, 3.8) is 0 Å². The van der Waals surface area contributed by atoms with Gasteiger partial charge in [0, 0.05) is 19.1 Å². The Morgan fingerprint density at radius 2 is 1.60 bits per heavy atom. The third-order valence-corrected chi connectivity index (χ3v) is 2.93. The summed E-state index contributed by atoms with van der Waals surface area (Å²) in [6.45, 7) is 8.70. The molecule has 0 aliphatic carbocycles. The van der Waals surface area contributed by atoms with Crippen molar-refractivity contribution >= 4 is 0 Å². The maximum absolute atomic E-state index is 5.66. The topological polar surface area (TPSA) is 32.5 Å². The lowest BCUT2D eigenvalue weighted by atomic mass is 10.1. The van der Waals surface area contributed by atoms with Crippen molar-refractivity contribution in [1.29, 1.82) is 0 Å². The van der Waals surface area contributed by atoms with Crippen molar-refractivity contribution in [2.75, 3.05) is 40.3 Å². The van der Waals surface area contributed by atoms with Crippen molar-refractivity contribution in [3.8, 4) is 0 Å². The molecule has 0 aliphatic heterocycles. The average Bonchev–Trinajstić information content (AvgIpc) is 2.19. The summed E-state index contributed by atoms with van der Waals surface area (Å²) in [5, 5.41) is 0. The number of nitrogens with two attached hydrogens (primary N) is 1. The summed E-state index contributed by atoms with van der Waals surface area (Å²) in [4.78, 5) is 4.79. The Morgan fingerprint density at radius 1 is 1.00 bits per heavy atom. The SMILES string of the molecule is CCC(CC)N(CCN)CCCN(C)C. The molecule has 0 unspecified atom stereocenters. The first-order valence-corrected chi connectivity index (χ1v) is 6.24. The molecule has 0 atom stereocenters. The summed E-state index contributed by atoms with van der Waals surface area (Å²) in [6, 6.07) is 0.718. The summed E-state index contributed by atoms with van der Waals surface area (Å²) in [6.07, 6.45) is 3.71. The Labute approximate surface area is 95.6 Å². The third kappa shape index (κ3) is 6.88. The quantitative estimate of drug-likeness (QED) is 0.631. The molecule has 15 heavy (non-hydrogen) atoms. The zero-order valence-electron chi connectivity index (χ0n) is 11.0. The normalized spacial score (nSPS) is 12.0. The fraction of sp³-hybridized carbons (Fsp3) is 1.00. The largest absolute Gasteiger partial charge is 0.329 e. The van der Waals surface area contributed by atoms with Gasteiger partial charge in [-0.25, -0.2) is 0 Å². The summed E-state index contributed by atoms with van der Waals surface area (Å²) >= 11 is 0. The highest BCUT2D eigenvalue weighted by Gasteiger charge is 2.13. The van der Waals surface area contributed by atoms with Crippen LogP contribution in [0.5, 0.6) is 0 Å². The predicted molar refractivity (Wildman–Crippen MR) is 68.2 cm³/mol. The lowest BCUT2D eigenvalue weighted by Gasteiger charge is -2.30. The van der Waals surface area contributed by atoms with Crippen LogP contribution in [0.4, 0.5) is 0 Å². The van der Waals surface area contributed by atoms with Crippen LogP contribution < -0.4 is 5.73 Å². The zero-order valence-corrected chi connectivity index (χ0v) is 11.0. The fourth-order valence-electron chi connectivity index (χ4n) is 2.04. The smallest absolute Gasteiger partial charge is 0.0108 e. The molecular formula is C12H29N3. The monoisotopic (exact) mass is 215 g/mol. The molecule has 92 valence electrons. The van der Waals surface area contributed by atoms with Crippen LogP contribution in [0.2, 0.25) is 0 Å². The molecule has 3 nitrogen and oxygen atoms in total. The highest BCUT2D eigenvalue weighted by atomic mass is 15.2. The van der Waals surface area contributed by atoms with Crippen molar-refractivity contribution < 1.29 is 0 Å². The van der Waals surface area contributed by atoms with Crippen LogP contribution in [0.1, 0.15) is 33.1 Å². The van der Waals surface area contributed by atoms with Crippen molar-refractivity contribution in [2.24, 2.45) is 5.73 Å². The predicted octanol–water partition coefficient (Wildman–Crippen LogP) is 1.39. The van der Waals surface area contributed by atoms with E-state index >= 15 is 0 Å². The first kappa shape index (κ1) is 14.9. The third-order valence-electron chi connectivity index (χ3n) is 2.93. The second kappa shape index (κ2) is 9.13. The summed E-state index contributed by atoms with van der Waals surface area (Å²) in [5.74, 6) is 0. The number of hydrogen-bond acceptors (Lipinski definition) is 3. The van der Waals surface area contributed by atoms with Gasteiger partial charge < -0.3 is 10.6 Å². The molecule has 0 heterocycles. The van der Waals surface area contributed by atoms with E-state index in [0.29, 0.717) is 0 Å². The molecule has 0 fully saturated rings. The van der Waals surface area contributed by atoms with E-state index in [-0.39, 0.29) is 0 Å². The van der Waals surface area contributed by atoms with Gasteiger partial charge in [-0.2, -0.15) is 0 Å². The van der Waals surface area contributed by atoms with Crippen LogP contribution in [0.25, 0.3) is 0 Å². The first-order valence-electron chi connectivity index (χ1n) is 6.24. The van der Waals surface area contributed by atoms with Gasteiger partial charge in [0.1, 0.15) is 0 Å². The average molecular weight is 215 g/mol. The van der Waals surface area contributed by atoms with Gasteiger partial charge in [0.25, 0.3) is 0 Å². The number of nitrogens with zero attached hydrogens (tertiary/aromatic N) is 2. The Kier molecular flexibility index (Phi) is 9.06. The standard InChI is InChI=1S/C12H29N3/c1-5-12(6-2)15(11-8-13)10-7-9-14(3)4/h12H,5-11,13H2,1-4H3. The van der Waals surface area contributed by atoms with Gasteiger partial charge in [-0.1, -0.05) is 13.8 Å². The lowest BCUT2D eigenvalue weighted by Crippen LogP contribution is -2.39. The maximum Gasteiger partial charge on any atom is 0.0108 e. The summed E-state index contributed by atoms with van der Waals surface area (Å²) in [7, 11) is 4.26. The number of rotatable bonds is 9. The molecule has 0 rings (SSSR count). The molecule has 0 aromatic carbocycles. The molecule has 0 bridgehead atoms. The molecule has 0 radical (unpaired) electrons. The Balaban J connectivity index is 3.91. The maximum atomic E-state index is 5.66. The minimum absolute atomic E-state index is 0.718. The fourth-order valence-corrected chi connectivity index (χ4v) is 2.04. The van der Waals surface area contributed by atoms with Crippen LogP contribution in [0.15, 0.2) is 0 Å². The van der Waals surface area contributed by atoms with E-state index in [4.69, 9.17) is 5.73 Å². The molecule has 0 aliphatic rings. The molecule has 0 saturated heterocycles. The second-order valence-corrected chi connectivity index (χ2v) is 4.45. The summed E-state index contributed by atoms with van der Waals surface area (Å²) < 4.78 is 0. The van der Waals surface area contributed by atoms with Gasteiger partial charge in [-0.3, -0.25) is 4.90 Å². The van der Waals surface area contributed by atoms with Gasteiger partial charge in [-0.15, -0.1) is 0 Å². The van der Waals surface area contributed by atoms with Crippen LogP contribution >= 0.6 is 0 Å². The van der Waals surface area contributed by atoms with Crippen molar-refractivity contribution in [3.05, 3.63) is 0 Å². The second-order valence-electron chi connectivity index (χ2n) is 4.45. The first-order chi connectivity index (χ1) is 7.15. The van der Waals surface area contributed by atoms with E-state index in [1.54, 1.807) is 0 Å². The van der Waals surface area contributed by atoms with Gasteiger partial charge in [-0.05, 0) is 46.4 Å². The molecule has 0 saturated carbocycles. The van der Waals surface area contributed by atoms with Gasteiger partial charge in [0.15, 0.2) is 0 Å². The van der Waals surface area contributed by atoms with Crippen LogP contribution in [0.3, 0.4) is 0 Å². The molecule has 3 heteroatoms. The molecule has 0 aromatic heterocycles. The van der Waals surface area contributed by atoms with E-state index in [0.717, 1.165) is 19.1 Å². The Morgan fingerprint density at radius 3 is 2.00 bits per heavy atom. The molecule has 0 amide bonds. The summed E-state index contributed by atoms with van der Waals surface area (Å²) in [5.41, 5.74) is 5.66. The minimum atomic E-state index is 0.718.